The first kappa shape index (κ1) is 15.3. The molecule has 0 fully saturated rings. The quantitative estimate of drug-likeness (QED) is 0.515. The van der Waals surface area contributed by atoms with Gasteiger partial charge in [0.15, 0.2) is 0 Å². The van der Waals surface area contributed by atoms with Crippen LogP contribution < -0.4 is 5.43 Å². The van der Waals surface area contributed by atoms with Gasteiger partial charge in [0.2, 0.25) is 0 Å². The minimum absolute atomic E-state index is 0.129. The van der Waals surface area contributed by atoms with E-state index >= 15 is 0 Å². The highest BCUT2D eigenvalue weighted by Crippen LogP contribution is 2.13. The zero-order chi connectivity index (χ0) is 14.5. The Labute approximate surface area is 117 Å². The van der Waals surface area contributed by atoms with Crippen LogP contribution >= 0.6 is 11.6 Å². The van der Waals surface area contributed by atoms with Crippen LogP contribution in [0.3, 0.4) is 0 Å². The molecule has 5 nitrogen and oxygen atoms in total. The molecule has 1 N–H and O–H groups in total. The monoisotopic (exact) mass is 284 g/mol. The number of rotatable bonds is 2. The molecule has 0 unspecified atom stereocenters. The summed E-state index contributed by atoms with van der Waals surface area (Å²) in [4.78, 5) is 22.8. The third kappa shape index (κ3) is 5.18. The van der Waals surface area contributed by atoms with Gasteiger partial charge in [-0.2, -0.15) is 0 Å². The summed E-state index contributed by atoms with van der Waals surface area (Å²) in [6, 6.07) is 9.26. The Hall–Kier alpha value is -1.75. The molecule has 19 heavy (non-hydrogen) atoms. The lowest BCUT2D eigenvalue weighted by molar-refractivity contribution is 0.0445. The van der Waals surface area contributed by atoms with Crippen LogP contribution in [-0.2, 0) is 11.3 Å². The number of carbonyl (C=O) groups is 2. The number of hydrogen-bond acceptors (Lipinski definition) is 3. The number of halogens is 1. The lowest BCUT2D eigenvalue weighted by Gasteiger charge is -2.33. The fourth-order valence-corrected chi connectivity index (χ4v) is 1.44. The molecule has 0 saturated heterocycles. The summed E-state index contributed by atoms with van der Waals surface area (Å²) in [5, 5.41) is 0.220. The summed E-state index contributed by atoms with van der Waals surface area (Å²) >= 11 is 5.24. The van der Waals surface area contributed by atoms with E-state index in [-0.39, 0.29) is 6.61 Å². The summed E-state index contributed by atoms with van der Waals surface area (Å²) < 4.78 is 5.13. The van der Waals surface area contributed by atoms with Crippen LogP contribution in [0.25, 0.3) is 0 Å². The predicted octanol–water partition coefficient (Wildman–Crippen LogP) is 3.29. The van der Waals surface area contributed by atoms with Crippen molar-refractivity contribution in [3.05, 3.63) is 35.9 Å². The van der Waals surface area contributed by atoms with Gasteiger partial charge in [0, 0.05) is 0 Å². The second kappa shape index (κ2) is 6.43. The Morgan fingerprint density at radius 3 is 2.32 bits per heavy atom. The fraction of sp³-hybridized carbons (Fsp3) is 0.385. The van der Waals surface area contributed by atoms with Gasteiger partial charge < -0.3 is 4.74 Å². The van der Waals surface area contributed by atoms with Gasteiger partial charge in [-0.15, -0.1) is 0 Å². The number of amides is 2. The van der Waals surface area contributed by atoms with Crippen LogP contribution in [0.15, 0.2) is 30.3 Å². The van der Waals surface area contributed by atoms with Crippen LogP contribution in [0.4, 0.5) is 9.59 Å². The zero-order valence-corrected chi connectivity index (χ0v) is 11.9. The molecule has 0 spiro atoms. The molecule has 2 amide bonds. The first-order chi connectivity index (χ1) is 8.80. The van der Waals surface area contributed by atoms with E-state index in [2.05, 4.69) is 5.43 Å². The average molecular weight is 285 g/mol. The van der Waals surface area contributed by atoms with E-state index in [0.717, 1.165) is 10.6 Å². The molecule has 6 heteroatoms. The third-order valence-electron chi connectivity index (χ3n) is 2.26. The van der Waals surface area contributed by atoms with E-state index in [1.54, 1.807) is 20.8 Å². The molecule has 0 atom stereocenters. The Kier molecular flexibility index (Phi) is 5.18. The van der Waals surface area contributed by atoms with Crippen LogP contribution in [0.1, 0.15) is 26.3 Å². The maximum absolute atomic E-state index is 11.9. The molecule has 0 bridgehead atoms. The molecule has 0 aliphatic heterocycles. The minimum Gasteiger partial charge on any atom is -0.443 e. The van der Waals surface area contributed by atoms with E-state index in [0.29, 0.717) is 0 Å². The summed E-state index contributed by atoms with van der Waals surface area (Å²) in [6.45, 7) is 5.39. The molecule has 0 aromatic heterocycles. The van der Waals surface area contributed by atoms with Gasteiger partial charge in [0.1, 0.15) is 6.61 Å². The van der Waals surface area contributed by atoms with Gasteiger partial charge in [-0.25, -0.2) is 15.2 Å². The van der Waals surface area contributed by atoms with Gasteiger partial charge in [0.05, 0.1) is 5.54 Å². The highest BCUT2D eigenvalue weighted by atomic mass is 35.5. The highest BCUT2D eigenvalue weighted by molar-refractivity contribution is 6.62. The summed E-state index contributed by atoms with van der Waals surface area (Å²) in [5.41, 5.74) is 2.46. The predicted molar refractivity (Wildman–Crippen MR) is 72.6 cm³/mol. The number of carbonyl (C=O) groups excluding carboxylic acids is 2. The lowest BCUT2D eigenvalue weighted by Crippen LogP contribution is -2.54. The number of nitrogens with zero attached hydrogens (tertiary/aromatic N) is 1. The summed E-state index contributed by atoms with van der Waals surface area (Å²) in [7, 11) is 0. The molecule has 1 rings (SSSR count). The van der Waals surface area contributed by atoms with E-state index < -0.39 is 17.0 Å². The van der Waals surface area contributed by atoms with Crippen LogP contribution in [0, 0.1) is 0 Å². The molecule has 0 heterocycles. The molecule has 1 aromatic carbocycles. The topological polar surface area (TPSA) is 58.6 Å². The molecular formula is C13H17ClN2O3. The Morgan fingerprint density at radius 1 is 1.26 bits per heavy atom. The molecular weight excluding hydrogens is 268 g/mol. The highest BCUT2D eigenvalue weighted by Gasteiger charge is 2.29. The number of hydrogen-bond donors (Lipinski definition) is 1. The lowest BCUT2D eigenvalue weighted by atomic mass is 10.1. The van der Waals surface area contributed by atoms with Crippen molar-refractivity contribution in [2.45, 2.75) is 32.9 Å². The maximum atomic E-state index is 11.9. The van der Waals surface area contributed by atoms with Crippen LogP contribution in [-0.4, -0.2) is 22.0 Å². The Balaban J connectivity index is 2.65. The van der Waals surface area contributed by atoms with E-state index in [1.165, 1.54) is 0 Å². The van der Waals surface area contributed by atoms with Crippen molar-refractivity contribution in [3.63, 3.8) is 0 Å². The maximum Gasteiger partial charge on any atom is 0.429 e. The Bertz CT molecular complexity index is 443. The number of benzene rings is 1. The van der Waals surface area contributed by atoms with Gasteiger partial charge in [-0.1, -0.05) is 30.3 Å². The van der Waals surface area contributed by atoms with E-state index in [9.17, 15) is 9.59 Å². The minimum atomic E-state index is -0.841. The third-order valence-corrected chi connectivity index (χ3v) is 2.34. The second-order valence-electron chi connectivity index (χ2n) is 4.93. The van der Waals surface area contributed by atoms with Crippen molar-refractivity contribution in [3.8, 4) is 0 Å². The fourth-order valence-electron chi connectivity index (χ4n) is 1.36. The SMILES string of the molecule is CC(C)(C)N(NC(=O)Cl)C(=O)OCc1ccccc1. The summed E-state index contributed by atoms with van der Waals surface area (Å²) in [5.74, 6) is 0. The van der Waals surface area contributed by atoms with Crippen molar-refractivity contribution >= 4 is 23.1 Å². The van der Waals surface area contributed by atoms with Gasteiger partial charge in [0.25, 0.3) is 0 Å². The van der Waals surface area contributed by atoms with E-state index in [4.69, 9.17) is 16.3 Å². The molecule has 1 aromatic rings. The number of ether oxygens (including phenoxy) is 1. The largest absolute Gasteiger partial charge is 0.443 e. The van der Waals surface area contributed by atoms with Crippen molar-refractivity contribution in [1.29, 1.82) is 0 Å². The van der Waals surface area contributed by atoms with Crippen molar-refractivity contribution < 1.29 is 14.3 Å². The second-order valence-corrected chi connectivity index (χ2v) is 5.28. The number of hydrazine groups is 1. The van der Waals surface area contributed by atoms with Crippen molar-refractivity contribution in [2.24, 2.45) is 0 Å². The van der Waals surface area contributed by atoms with Crippen molar-refractivity contribution in [1.82, 2.24) is 10.4 Å². The van der Waals surface area contributed by atoms with Crippen molar-refractivity contribution in [2.75, 3.05) is 0 Å². The Morgan fingerprint density at radius 2 is 1.84 bits per heavy atom. The number of nitrogens with one attached hydrogen (secondary N) is 1. The van der Waals surface area contributed by atoms with Gasteiger partial charge in [-0.05, 0) is 37.9 Å². The van der Waals surface area contributed by atoms with Crippen LogP contribution in [0.5, 0.6) is 0 Å². The molecule has 0 aliphatic carbocycles. The van der Waals surface area contributed by atoms with Gasteiger partial charge in [-0.3, -0.25) is 4.79 Å². The standard InChI is InChI=1S/C13H17ClN2O3/c1-13(2,3)16(15-11(14)17)12(18)19-9-10-7-5-4-6-8-10/h4-8H,9H2,1-3H3,(H,15,17). The first-order valence-corrected chi connectivity index (χ1v) is 6.15. The zero-order valence-electron chi connectivity index (χ0n) is 11.1. The molecule has 0 radical (unpaired) electrons. The smallest absolute Gasteiger partial charge is 0.429 e. The summed E-state index contributed by atoms with van der Waals surface area (Å²) in [6.07, 6.45) is -0.662. The van der Waals surface area contributed by atoms with Gasteiger partial charge >= 0.3 is 11.5 Å². The van der Waals surface area contributed by atoms with Crippen LogP contribution in [0.2, 0.25) is 0 Å². The van der Waals surface area contributed by atoms with E-state index in [1.807, 2.05) is 30.3 Å². The average Bonchev–Trinajstić information content (AvgIpc) is 2.33. The molecule has 104 valence electrons. The molecule has 0 aliphatic rings. The molecule has 0 saturated carbocycles. The first-order valence-electron chi connectivity index (χ1n) is 5.78. The normalized spacial score (nSPS) is 10.7.